The molecule has 1 aromatic heterocycles. The van der Waals surface area contributed by atoms with Gasteiger partial charge in [-0.05, 0) is 12.1 Å². The molecule has 1 fully saturated rings. The van der Waals surface area contributed by atoms with Gasteiger partial charge < -0.3 is 14.2 Å². The minimum Gasteiger partial charge on any atom is -0.414 e. The first kappa shape index (κ1) is 21.1. The number of amides is 4. The number of rotatable bonds is 7. The molecule has 1 N–H and O–H groups in total. The van der Waals surface area contributed by atoms with E-state index in [0.29, 0.717) is 0 Å². The fraction of sp³-hybridized carbons (Fsp3) is 0.353. The van der Waals surface area contributed by atoms with Gasteiger partial charge in [-0.25, -0.2) is 9.18 Å². The maximum absolute atomic E-state index is 13.9. The highest BCUT2D eigenvalue weighted by atomic mass is 35.5. The van der Waals surface area contributed by atoms with E-state index in [1.165, 1.54) is 21.9 Å². The molecular formula is C17H17ClFN5O4S. The van der Waals surface area contributed by atoms with E-state index in [4.69, 9.17) is 16.0 Å². The van der Waals surface area contributed by atoms with E-state index in [9.17, 15) is 18.8 Å². The number of urea groups is 1. The Balaban J connectivity index is 1.50. The fourth-order valence-corrected chi connectivity index (χ4v) is 3.46. The number of nitrogens with zero attached hydrogens (tertiary/aromatic N) is 4. The summed E-state index contributed by atoms with van der Waals surface area (Å²) in [4.78, 5) is 37.9. The second kappa shape index (κ2) is 9.23. The predicted octanol–water partition coefficient (Wildman–Crippen LogP) is 2.05. The van der Waals surface area contributed by atoms with E-state index in [1.807, 2.05) is 0 Å². The Kier molecular flexibility index (Phi) is 6.70. The third-order valence-electron chi connectivity index (χ3n) is 4.12. The molecular weight excluding hydrogens is 425 g/mol. The van der Waals surface area contributed by atoms with Crippen LogP contribution < -0.4 is 5.32 Å². The van der Waals surface area contributed by atoms with Crippen molar-refractivity contribution in [3.05, 3.63) is 40.5 Å². The van der Waals surface area contributed by atoms with Crippen molar-refractivity contribution < 1.29 is 23.2 Å². The minimum atomic E-state index is -0.516. The number of thioether (sulfide) groups is 1. The van der Waals surface area contributed by atoms with Crippen LogP contribution in [0.15, 0.2) is 27.8 Å². The summed E-state index contributed by atoms with van der Waals surface area (Å²) in [6, 6.07) is 3.83. The number of hydrogen-bond donors (Lipinski definition) is 1. The lowest BCUT2D eigenvalue weighted by Gasteiger charge is -2.24. The normalized spacial score (nSPS) is 14.1. The van der Waals surface area contributed by atoms with Gasteiger partial charge in [-0.3, -0.25) is 14.9 Å². The number of imide groups is 1. The molecule has 1 aliphatic rings. The quantitative estimate of drug-likeness (QED) is 0.655. The van der Waals surface area contributed by atoms with Crippen LogP contribution in [0.3, 0.4) is 0 Å². The third-order valence-corrected chi connectivity index (χ3v) is 5.28. The highest BCUT2D eigenvalue weighted by molar-refractivity contribution is 7.99. The molecule has 3 rings (SSSR count). The average molecular weight is 442 g/mol. The Morgan fingerprint density at radius 1 is 1.41 bits per heavy atom. The zero-order valence-electron chi connectivity index (χ0n) is 15.4. The second-order valence-corrected chi connectivity index (χ2v) is 7.56. The number of carbonyl (C=O) groups is 3. The molecule has 9 nitrogen and oxygen atoms in total. The lowest BCUT2D eigenvalue weighted by molar-refractivity contribution is -0.127. The number of aromatic nitrogens is 2. The van der Waals surface area contributed by atoms with Crippen molar-refractivity contribution in [2.24, 2.45) is 0 Å². The van der Waals surface area contributed by atoms with E-state index in [-0.39, 0.29) is 65.3 Å². The summed E-state index contributed by atoms with van der Waals surface area (Å²) < 4.78 is 19.3. The van der Waals surface area contributed by atoms with Gasteiger partial charge in [0.1, 0.15) is 12.4 Å². The van der Waals surface area contributed by atoms with Crippen molar-refractivity contribution in [2.75, 3.05) is 19.3 Å². The van der Waals surface area contributed by atoms with Crippen LogP contribution >= 0.6 is 23.4 Å². The van der Waals surface area contributed by atoms with Crippen molar-refractivity contribution >= 4 is 41.2 Å². The van der Waals surface area contributed by atoms with Gasteiger partial charge in [0.2, 0.25) is 17.7 Å². The van der Waals surface area contributed by atoms with Crippen LogP contribution in [0.2, 0.25) is 5.02 Å². The van der Waals surface area contributed by atoms with Crippen LogP contribution in [-0.4, -0.2) is 57.2 Å². The summed E-state index contributed by atoms with van der Waals surface area (Å²) in [7, 11) is 1.54. The number of nitrogens with one attached hydrogen (secondary N) is 1. The van der Waals surface area contributed by atoms with Gasteiger partial charge in [0.15, 0.2) is 0 Å². The van der Waals surface area contributed by atoms with Gasteiger partial charge in [0, 0.05) is 37.1 Å². The first-order valence-corrected chi connectivity index (χ1v) is 9.90. The molecule has 1 aliphatic heterocycles. The molecule has 4 amide bonds. The number of halogens is 2. The number of benzene rings is 1. The fourth-order valence-electron chi connectivity index (χ4n) is 2.52. The lowest BCUT2D eigenvalue weighted by Crippen LogP contribution is -2.48. The van der Waals surface area contributed by atoms with Gasteiger partial charge in [0.05, 0.1) is 5.75 Å². The average Bonchev–Trinajstić information content (AvgIpc) is 3.12. The van der Waals surface area contributed by atoms with Crippen LogP contribution in [0.1, 0.15) is 17.9 Å². The molecule has 0 aliphatic carbocycles. The van der Waals surface area contributed by atoms with E-state index < -0.39 is 11.8 Å². The Hall–Kier alpha value is -2.66. The molecule has 0 radical (unpaired) electrons. The van der Waals surface area contributed by atoms with Crippen LogP contribution in [0.5, 0.6) is 0 Å². The summed E-state index contributed by atoms with van der Waals surface area (Å²) in [6.07, 6.45) is 0.203. The molecule has 2 aromatic rings. The smallest absolute Gasteiger partial charge is 0.324 e. The van der Waals surface area contributed by atoms with Crippen molar-refractivity contribution in [1.82, 2.24) is 25.3 Å². The first-order valence-electron chi connectivity index (χ1n) is 8.54. The molecule has 0 spiro atoms. The van der Waals surface area contributed by atoms with Crippen LogP contribution in [0.25, 0.3) is 0 Å². The standard InChI is InChI=1S/C17H17ClFN5O4S/c1-23(7-10-11(18)3-2-4-12(10)19)15(26)9-29-17-22-21-14(28-17)8-24-6-5-13(25)20-16(24)27/h2-4H,5-9H2,1H3,(H,20,25,27). The van der Waals surface area contributed by atoms with E-state index in [1.54, 1.807) is 13.1 Å². The predicted molar refractivity (Wildman–Crippen MR) is 101 cm³/mol. The molecule has 0 saturated carbocycles. The summed E-state index contributed by atoms with van der Waals surface area (Å²) in [5.74, 6) is -0.885. The molecule has 1 saturated heterocycles. The monoisotopic (exact) mass is 441 g/mol. The molecule has 154 valence electrons. The molecule has 29 heavy (non-hydrogen) atoms. The van der Waals surface area contributed by atoms with Crippen molar-refractivity contribution in [2.45, 2.75) is 24.7 Å². The van der Waals surface area contributed by atoms with E-state index >= 15 is 0 Å². The Morgan fingerprint density at radius 3 is 2.93 bits per heavy atom. The minimum absolute atomic E-state index is 0.00288. The maximum Gasteiger partial charge on any atom is 0.324 e. The highest BCUT2D eigenvalue weighted by Crippen LogP contribution is 2.22. The number of carbonyl (C=O) groups excluding carboxylic acids is 3. The summed E-state index contributed by atoms with van der Waals surface area (Å²) in [5, 5.41) is 10.3. The largest absolute Gasteiger partial charge is 0.414 e. The van der Waals surface area contributed by atoms with Gasteiger partial charge in [0.25, 0.3) is 5.22 Å². The van der Waals surface area contributed by atoms with Gasteiger partial charge >= 0.3 is 6.03 Å². The van der Waals surface area contributed by atoms with Gasteiger partial charge in [-0.1, -0.05) is 29.4 Å². The molecule has 0 unspecified atom stereocenters. The molecule has 12 heteroatoms. The zero-order valence-corrected chi connectivity index (χ0v) is 16.9. The maximum atomic E-state index is 13.9. The Bertz CT molecular complexity index is 920. The molecule has 0 bridgehead atoms. The van der Waals surface area contributed by atoms with Gasteiger partial charge in [-0.2, -0.15) is 0 Å². The van der Waals surface area contributed by atoms with Gasteiger partial charge in [-0.15, -0.1) is 10.2 Å². The second-order valence-electron chi connectivity index (χ2n) is 6.23. The molecule has 1 aromatic carbocycles. The number of hydrogen-bond acceptors (Lipinski definition) is 7. The van der Waals surface area contributed by atoms with E-state index in [0.717, 1.165) is 11.8 Å². The van der Waals surface area contributed by atoms with Crippen molar-refractivity contribution in [3.8, 4) is 0 Å². The third kappa shape index (κ3) is 5.45. The highest BCUT2D eigenvalue weighted by Gasteiger charge is 2.25. The summed E-state index contributed by atoms with van der Waals surface area (Å²) in [5.41, 5.74) is 0.244. The van der Waals surface area contributed by atoms with Crippen LogP contribution in [-0.2, 0) is 22.7 Å². The lowest BCUT2D eigenvalue weighted by atomic mass is 10.2. The van der Waals surface area contributed by atoms with Crippen LogP contribution in [0, 0.1) is 5.82 Å². The van der Waals surface area contributed by atoms with Crippen molar-refractivity contribution in [1.29, 1.82) is 0 Å². The SMILES string of the molecule is CN(Cc1c(F)cccc1Cl)C(=O)CSc1nnc(CN2CCC(=O)NC2=O)o1. The Labute approximate surface area is 174 Å². The zero-order chi connectivity index (χ0) is 21.0. The van der Waals surface area contributed by atoms with Crippen LogP contribution in [0.4, 0.5) is 9.18 Å². The molecule has 0 atom stereocenters. The van der Waals surface area contributed by atoms with Crippen molar-refractivity contribution in [3.63, 3.8) is 0 Å². The first-order chi connectivity index (χ1) is 13.8. The summed E-state index contributed by atoms with van der Waals surface area (Å²) >= 11 is 7.01. The Morgan fingerprint density at radius 2 is 2.21 bits per heavy atom. The topological polar surface area (TPSA) is 109 Å². The summed E-state index contributed by atoms with van der Waals surface area (Å²) in [6.45, 7) is 0.354. The van der Waals surface area contributed by atoms with E-state index in [2.05, 4.69) is 15.5 Å². The molecule has 2 heterocycles.